The molecule has 0 radical (unpaired) electrons. The molecule has 17 heteroatoms. The monoisotopic (exact) mass is 992 g/mol. The lowest BCUT2D eigenvalue weighted by molar-refractivity contribution is -0.144. The Morgan fingerprint density at radius 2 is 0.694 bits per heavy atom. The Hall–Kier alpha value is -8.34. The van der Waals surface area contributed by atoms with Crippen LogP contribution in [-0.2, 0) is 24.7 Å². The van der Waals surface area contributed by atoms with Crippen LogP contribution in [0.2, 0.25) is 0 Å². The molecule has 4 nitrogen and oxygen atoms in total. The van der Waals surface area contributed by atoms with Crippen molar-refractivity contribution >= 4 is 21.8 Å². The van der Waals surface area contributed by atoms with Gasteiger partial charge in [0.25, 0.3) is 0 Å². The highest BCUT2D eigenvalue weighted by Crippen LogP contribution is 2.44. The number of nitrogens with zero attached hydrogens (tertiary/aromatic N) is 4. The third kappa shape index (κ3) is 9.24. The second-order valence-corrected chi connectivity index (χ2v) is 16.7. The fraction of sp³-hybridized carbons (Fsp3) is 0.0727. The predicted molar refractivity (Wildman–Crippen MR) is 247 cm³/mol. The van der Waals surface area contributed by atoms with Crippen LogP contribution in [0.25, 0.3) is 95.0 Å². The lowest BCUT2D eigenvalue weighted by Crippen LogP contribution is -2.11. The summed E-state index contributed by atoms with van der Waals surface area (Å²) in [5, 5.41) is 0.704. The Labute approximate surface area is 399 Å². The van der Waals surface area contributed by atoms with Gasteiger partial charge in [-0.2, -0.15) is 52.7 Å². The van der Waals surface area contributed by atoms with E-state index in [1.165, 1.54) is 65.2 Å². The molecule has 0 fully saturated rings. The third-order valence-electron chi connectivity index (χ3n) is 12.0. The molecular formula is C55H29F13N4. The number of fused-ring (bicyclic) bond motifs is 3. The van der Waals surface area contributed by atoms with Crippen LogP contribution in [0.4, 0.5) is 57.1 Å². The molecule has 0 bridgehead atoms. The van der Waals surface area contributed by atoms with Gasteiger partial charge in [0.1, 0.15) is 5.82 Å². The van der Waals surface area contributed by atoms with Gasteiger partial charge in [0.05, 0.1) is 33.3 Å². The van der Waals surface area contributed by atoms with Crippen molar-refractivity contribution in [1.29, 1.82) is 0 Å². The molecule has 0 spiro atoms. The molecule has 2 heterocycles. The van der Waals surface area contributed by atoms with Crippen molar-refractivity contribution < 1.29 is 57.1 Å². The molecule has 0 aliphatic carbocycles. The third-order valence-corrected chi connectivity index (χ3v) is 12.0. The van der Waals surface area contributed by atoms with Crippen molar-refractivity contribution in [1.82, 2.24) is 19.5 Å². The zero-order valence-corrected chi connectivity index (χ0v) is 36.4. The number of hydrogen-bond acceptors (Lipinski definition) is 3. The molecule has 0 atom stereocenters. The molecule has 0 unspecified atom stereocenters. The zero-order valence-electron chi connectivity index (χ0n) is 36.4. The summed E-state index contributed by atoms with van der Waals surface area (Å²) in [6.45, 7) is 0. The average molecular weight is 993 g/mol. The minimum Gasteiger partial charge on any atom is -0.309 e. The minimum absolute atomic E-state index is 0.00365. The first-order valence-electron chi connectivity index (χ1n) is 21.5. The van der Waals surface area contributed by atoms with E-state index in [9.17, 15) is 57.1 Å². The number of benzene rings is 8. The zero-order chi connectivity index (χ0) is 50.9. The summed E-state index contributed by atoms with van der Waals surface area (Å²) >= 11 is 0. The smallest absolute Gasteiger partial charge is 0.309 e. The summed E-state index contributed by atoms with van der Waals surface area (Å²) in [4.78, 5) is 14.6. The van der Waals surface area contributed by atoms with E-state index in [4.69, 9.17) is 15.0 Å². The summed E-state index contributed by atoms with van der Waals surface area (Å²) in [5.41, 5.74) is -4.38. The molecule has 72 heavy (non-hydrogen) atoms. The molecule has 10 rings (SSSR count). The number of alkyl halides is 12. The van der Waals surface area contributed by atoms with Gasteiger partial charge >= 0.3 is 24.7 Å². The van der Waals surface area contributed by atoms with E-state index in [1.807, 2.05) is 0 Å². The highest BCUT2D eigenvalue weighted by Gasteiger charge is 2.38. The van der Waals surface area contributed by atoms with Crippen LogP contribution in [0.15, 0.2) is 176 Å². The summed E-state index contributed by atoms with van der Waals surface area (Å²) < 4.78 is 186. The van der Waals surface area contributed by atoms with E-state index in [0.29, 0.717) is 62.9 Å². The maximum atomic E-state index is 14.4. The van der Waals surface area contributed by atoms with Gasteiger partial charge in [-0.3, -0.25) is 0 Å². The molecule has 8 aromatic carbocycles. The molecule has 0 N–H and O–H groups in total. The quantitative estimate of drug-likeness (QED) is 0.149. The normalized spacial score (nSPS) is 12.5. The number of aromatic nitrogens is 4. The van der Waals surface area contributed by atoms with Crippen molar-refractivity contribution in [2.45, 2.75) is 24.7 Å². The molecule has 0 saturated heterocycles. The molecule has 0 aliphatic rings. The SMILES string of the molecule is Fc1ccc(-c2ccc(-n3c4cc(-c5cc(C(F)(F)F)cc(C(F)(F)F)c5)ccc4c4ccc(-c5cc(C(F)(F)F)cc(C(F)(F)F)c5)cc43)cc2-c2nc(-c3ccccc3)nc(-c3ccccc3)n2)cc1. The highest BCUT2D eigenvalue weighted by atomic mass is 19.4. The van der Waals surface area contributed by atoms with Crippen molar-refractivity contribution in [2.75, 3.05) is 0 Å². The standard InChI is InChI=1S/C55H29F13N4/c56-41-15-11-30(12-16-41)43-20-17-42(29-46(43)51-70-49(31-7-3-1-4-8-31)69-50(71-51)32-9-5-2-6-10-32)72-47-25-33(35-21-37(52(57,58)59)27-38(22-35)53(60,61)62)13-18-44(47)45-19-14-34(26-48(45)72)36-23-39(54(63,64)65)28-40(24-36)55(66,67)68/h1-29H. The van der Waals surface area contributed by atoms with Crippen LogP contribution in [-0.4, -0.2) is 19.5 Å². The first kappa shape index (κ1) is 47.3. The van der Waals surface area contributed by atoms with E-state index in [-0.39, 0.29) is 57.5 Å². The Morgan fingerprint density at radius 1 is 0.306 bits per heavy atom. The van der Waals surface area contributed by atoms with Gasteiger partial charge in [-0.25, -0.2) is 19.3 Å². The molecule has 2 aromatic heterocycles. The lowest BCUT2D eigenvalue weighted by Gasteiger charge is -2.17. The summed E-state index contributed by atoms with van der Waals surface area (Å²) in [5.74, 6) is 0.0515. The fourth-order valence-electron chi connectivity index (χ4n) is 8.57. The van der Waals surface area contributed by atoms with E-state index in [0.717, 1.165) is 0 Å². The van der Waals surface area contributed by atoms with Gasteiger partial charge in [0.15, 0.2) is 17.5 Å². The molecule has 0 aliphatic heterocycles. The van der Waals surface area contributed by atoms with Gasteiger partial charge < -0.3 is 4.57 Å². The van der Waals surface area contributed by atoms with Crippen molar-refractivity contribution in [3.63, 3.8) is 0 Å². The Morgan fingerprint density at radius 3 is 1.10 bits per heavy atom. The van der Waals surface area contributed by atoms with Crippen molar-refractivity contribution in [3.8, 4) is 73.2 Å². The largest absolute Gasteiger partial charge is 0.416 e. The maximum absolute atomic E-state index is 14.4. The van der Waals surface area contributed by atoms with Crippen LogP contribution in [0.1, 0.15) is 22.3 Å². The van der Waals surface area contributed by atoms with Gasteiger partial charge in [0, 0.05) is 33.2 Å². The Balaban J connectivity index is 1.29. The molecule has 0 saturated carbocycles. The van der Waals surface area contributed by atoms with Gasteiger partial charge in [-0.15, -0.1) is 0 Å². The Bertz CT molecular complexity index is 3430. The Kier molecular flexibility index (Phi) is 11.5. The second kappa shape index (κ2) is 17.5. The van der Waals surface area contributed by atoms with Gasteiger partial charge in [-0.1, -0.05) is 103 Å². The maximum Gasteiger partial charge on any atom is 0.416 e. The topological polar surface area (TPSA) is 43.6 Å². The predicted octanol–water partition coefficient (Wildman–Crippen LogP) is 17.2. The van der Waals surface area contributed by atoms with Crippen LogP contribution < -0.4 is 0 Å². The first-order chi connectivity index (χ1) is 34.1. The number of halogens is 13. The van der Waals surface area contributed by atoms with Crippen LogP contribution >= 0.6 is 0 Å². The first-order valence-corrected chi connectivity index (χ1v) is 21.5. The number of rotatable bonds is 7. The molecule has 0 amide bonds. The summed E-state index contributed by atoms with van der Waals surface area (Å²) in [7, 11) is 0. The van der Waals surface area contributed by atoms with E-state index < -0.39 is 63.9 Å². The summed E-state index contributed by atoms with van der Waals surface area (Å²) in [6, 6.07) is 38.6. The molecule has 10 aromatic rings. The number of hydrogen-bond donors (Lipinski definition) is 0. The molecule has 360 valence electrons. The van der Waals surface area contributed by atoms with E-state index in [2.05, 4.69) is 0 Å². The highest BCUT2D eigenvalue weighted by molar-refractivity contribution is 6.11. The van der Waals surface area contributed by atoms with E-state index in [1.54, 1.807) is 78.9 Å². The van der Waals surface area contributed by atoms with E-state index >= 15 is 0 Å². The summed E-state index contributed by atoms with van der Waals surface area (Å²) in [6.07, 6.45) is -20.7. The van der Waals surface area contributed by atoms with Crippen LogP contribution in [0.5, 0.6) is 0 Å². The van der Waals surface area contributed by atoms with Crippen LogP contribution in [0.3, 0.4) is 0 Å². The van der Waals surface area contributed by atoms with Gasteiger partial charge in [0.2, 0.25) is 0 Å². The second-order valence-electron chi connectivity index (χ2n) is 16.7. The fourth-order valence-corrected chi connectivity index (χ4v) is 8.57. The van der Waals surface area contributed by atoms with Crippen LogP contribution in [0, 0.1) is 5.82 Å². The minimum atomic E-state index is -5.18. The van der Waals surface area contributed by atoms with Crippen molar-refractivity contribution in [2.24, 2.45) is 0 Å². The van der Waals surface area contributed by atoms with Gasteiger partial charge in [-0.05, 0) is 106 Å². The average Bonchev–Trinajstić information content (AvgIpc) is 3.68. The molecular weight excluding hydrogens is 964 g/mol. The van der Waals surface area contributed by atoms with Crippen molar-refractivity contribution in [3.05, 3.63) is 204 Å². The lowest BCUT2D eigenvalue weighted by atomic mass is 9.97.